The molecule has 10 heteroatoms. The fraction of sp³-hybridized carbons (Fsp3) is 0.261. The molecule has 2 amide bonds. The van der Waals surface area contributed by atoms with Crippen molar-refractivity contribution in [1.82, 2.24) is 9.69 Å². The molecule has 0 bridgehead atoms. The van der Waals surface area contributed by atoms with E-state index in [-0.39, 0.29) is 32.5 Å². The summed E-state index contributed by atoms with van der Waals surface area (Å²) in [5.41, 5.74) is 0.632. The van der Waals surface area contributed by atoms with Gasteiger partial charge in [0.05, 0.1) is 0 Å². The van der Waals surface area contributed by atoms with Crippen molar-refractivity contribution in [3.05, 3.63) is 75.0 Å². The second-order valence-electron chi connectivity index (χ2n) is 7.75. The summed E-state index contributed by atoms with van der Waals surface area (Å²) in [6, 6.07) is 10.1. The van der Waals surface area contributed by atoms with Crippen LogP contribution in [0.1, 0.15) is 47.8 Å². The number of hydrogen-bond donors (Lipinski definition) is 2. The number of aromatic nitrogens is 1. The molecule has 0 unspecified atom stereocenters. The zero-order chi connectivity index (χ0) is 23.5. The highest BCUT2D eigenvalue weighted by Gasteiger charge is 2.36. The number of phenolic OH excluding ortho intramolecular Hbond substituents is 1. The fourth-order valence-corrected chi connectivity index (χ4v) is 4.90. The van der Waals surface area contributed by atoms with Crippen LogP contribution in [0.3, 0.4) is 0 Å². The molecular weight excluding hydrogens is 488 g/mol. The number of phenols is 1. The van der Waals surface area contributed by atoms with Gasteiger partial charge in [0, 0.05) is 11.7 Å². The van der Waals surface area contributed by atoms with Crippen LogP contribution in [0.15, 0.2) is 48.5 Å². The smallest absolute Gasteiger partial charge is 0.280 e. The number of amides is 2. The molecule has 0 radical (unpaired) electrons. The van der Waals surface area contributed by atoms with Crippen LogP contribution in [0.5, 0.6) is 5.75 Å². The summed E-state index contributed by atoms with van der Waals surface area (Å²) in [6.45, 7) is 0. The average molecular weight is 508 g/mol. The average Bonchev–Trinajstić information content (AvgIpc) is 3.43. The first-order chi connectivity index (χ1) is 15.8. The van der Waals surface area contributed by atoms with E-state index in [0.29, 0.717) is 5.56 Å². The van der Waals surface area contributed by atoms with Crippen LogP contribution in [-0.4, -0.2) is 27.3 Å². The number of benzene rings is 2. The Morgan fingerprint density at radius 1 is 1.09 bits per heavy atom. The van der Waals surface area contributed by atoms with E-state index in [2.05, 4.69) is 9.69 Å². The van der Waals surface area contributed by atoms with Gasteiger partial charge in [-0.15, -0.1) is 0 Å². The second-order valence-corrected chi connectivity index (χ2v) is 9.51. The first kappa shape index (κ1) is 23.5. The summed E-state index contributed by atoms with van der Waals surface area (Å²) in [6.07, 6.45) is 3.74. The van der Waals surface area contributed by atoms with Gasteiger partial charge in [0.15, 0.2) is 5.69 Å². The molecule has 1 aromatic heterocycles. The van der Waals surface area contributed by atoms with Crippen LogP contribution < -0.4 is 10.2 Å². The predicted octanol–water partition coefficient (Wildman–Crippen LogP) is 5.74. The second kappa shape index (κ2) is 10.1. The molecule has 6 nitrogen and oxygen atoms in total. The van der Waals surface area contributed by atoms with E-state index in [1.54, 1.807) is 12.1 Å². The predicted molar refractivity (Wildman–Crippen MR) is 127 cm³/mol. The molecule has 2 N–H and O–H groups in total. The lowest BCUT2D eigenvalue weighted by Gasteiger charge is -2.32. The van der Waals surface area contributed by atoms with E-state index in [1.165, 1.54) is 41.3 Å². The molecule has 1 saturated carbocycles. The van der Waals surface area contributed by atoms with Crippen LogP contribution in [-0.2, 0) is 4.79 Å². The first-order valence-corrected chi connectivity index (χ1v) is 11.9. The summed E-state index contributed by atoms with van der Waals surface area (Å²) in [4.78, 5) is 28.5. The normalized spacial score (nSPS) is 14.8. The maximum absolute atomic E-state index is 13.7. The highest BCUT2D eigenvalue weighted by Crippen LogP contribution is 2.35. The number of rotatable bonds is 6. The maximum Gasteiger partial charge on any atom is 0.280 e. The van der Waals surface area contributed by atoms with Crippen molar-refractivity contribution in [2.45, 2.75) is 37.8 Å². The number of carbonyl (C=O) groups excluding carboxylic acids is 2. The van der Waals surface area contributed by atoms with Crippen molar-refractivity contribution in [2.75, 3.05) is 4.90 Å². The van der Waals surface area contributed by atoms with Crippen molar-refractivity contribution < 1.29 is 19.1 Å². The first-order valence-electron chi connectivity index (χ1n) is 10.3. The summed E-state index contributed by atoms with van der Waals surface area (Å²) in [5.74, 6) is -1.53. The van der Waals surface area contributed by atoms with Crippen LogP contribution >= 0.6 is 34.7 Å². The quantitative estimate of drug-likeness (QED) is 0.445. The largest absolute Gasteiger partial charge is 0.508 e. The van der Waals surface area contributed by atoms with Crippen LogP contribution in [0.2, 0.25) is 9.36 Å². The SMILES string of the molecule is O=C(NC1CCCC1)[C@@H](c1ccc(O)cc1)N(C(=O)c1nsc(Cl)c1Cl)c1ccc(F)cc1. The molecule has 2 aromatic carbocycles. The Bertz CT molecular complexity index is 1150. The Balaban J connectivity index is 1.83. The van der Waals surface area contributed by atoms with Gasteiger partial charge in [-0.25, -0.2) is 4.39 Å². The molecule has 3 aromatic rings. The van der Waals surface area contributed by atoms with Crippen LogP contribution in [0.25, 0.3) is 0 Å². The van der Waals surface area contributed by atoms with Gasteiger partial charge in [0.1, 0.15) is 27.0 Å². The van der Waals surface area contributed by atoms with Crippen molar-refractivity contribution in [2.24, 2.45) is 0 Å². The van der Waals surface area contributed by atoms with Crippen molar-refractivity contribution in [1.29, 1.82) is 0 Å². The third-order valence-corrected chi connectivity index (χ3v) is 7.15. The molecule has 1 fully saturated rings. The summed E-state index contributed by atoms with van der Waals surface area (Å²) in [7, 11) is 0. The maximum atomic E-state index is 13.7. The highest BCUT2D eigenvalue weighted by atomic mass is 35.5. The standard InChI is InChI=1S/C23H20Cl2FN3O3S/c24-18-19(28-33-21(18)25)23(32)29(16-9-7-14(26)8-10-16)20(13-5-11-17(30)12-6-13)22(31)27-15-3-1-2-4-15/h5-12,15,20,30H,1-4H2,(H,27,31)/t20-/m1/s1. The molecule has 0 aliphatic heterocycles. The van der Waals surface area contributed by atoms with E-state index < -0.39 is 23.7 Å². The van der Waals surface area contributed by atoms with E-state index >= 15 is 0 Å². The van der Waals surface area contributed by atoms with Gasteiger partial charge in [-0.3, -0.25) is 14.5 Å². The third kappa shape index (κ3) is 5.13. The Kier molecular flexibility index (Phi) is 7.17. The number of nitrogens with one attached hydrogen (secondary N) is 1. The monoisotopic (exact) mass is 507 g/mol. The van der Waals surface area contributed by atoms with Crippen LogP contribution in [0, 0.1) is 5.82 Å². The van der Waals surface area contributed by atoms with Gasteiger partial charge in [0.25, 0.3) is 5.91 Å². The number of aromatic hydroxyl groups is 1. The van der Waals surface area contributed by atoms with Gasteiger partial charge in [-0.1, -0.05) is 48.2 Å². The summed E-state index contributed by atoms with van der Waals surface area (Å²) >= 11 is 13.1. The molecule has 172 valence electrons. The minimum Gasteiger partial charge on any atom is -0.508 e. The molecule has 0 saturated heterocycles. The van der Waals surface area contributed by atoms with E-state index in [0.717, 1.165) is 37.2 Å². The van der Waals surface area contributed by atoms with Gasteiger partial charge in [-0.05, 0) is 66.3 Å². The molecule has 1 aliphatic carbocycles. The fourth-order valence-electron chi connectivity index (χ4n) is 3.92. The third-order valence-electron chi connectivity index (χ3n) is 5.54. The minimum absolute atomic E-state index is 0.000380. The van der Waals surface area contributed by atoms with E-state index in [4.69, 9.17) is 23.2 Å². The molecule has 0 spiro atoms. The zero-order valence-corrected chi connectivity index (χ0v) is 19.6. The van der Waals surface area contributed by atoms with Crippen molar-refractivity contribution in [3.8, 4) is 5.75 Å². The van der Waals surface area contributed by atoms with Gasteiger partial charge in [-0.2, -0.15) is 4.37 Å². The Morgan fingerprint density at radius 3 is 2.30 bits per heavy atom. The topological polar surface area (TPSA) is 82.5 Å². The summed E-state index contributed by atoms with van der Waals surface area (Å²) < 4.78 is 17.9. The molecule has 4 rings (SSSR count). The number of carbonyl (C=O) groups is 2. The number of hydrogen-bond acceptors (Lipinski definition) is 5. The Hall–Kier alpha value is -2.68. The molecule has 1 heterocycles. The van der Waals surface area contributed by atoms with Crippen LogP contribution in [0.4, 0.5) is 10.1 Å². The minimum atomic E-state index is -1.12. The van der Waals surface area contributed by atoms with Gasteiger partial charge >= 0.3 is 0 Å². The highest BCUT2D eigenvalue weighted by molar-refractivity contribution is 7.11. The molecular formula is C23H20Cl2FN3O3S. The van der Waals surface area contributed by atoms with E-state index in [1.807, 2.05) is 0 Å². The Labute approximate surface area is 204 Å². The lowest BCUT2D eigenvalue weighted by molar-refractivity contribution is -0.123. The lowest BCUT2D eigenvalue weighted by atomic mass is 10.0. The molecule has 1 aliphatic rings. The van der Waals surface area contributed by atoms with Gasteiger partial charge < -0.3 is 10.4 Å². The van der Waals surface area contributed by atoms with Crippen molar-refractivity contribution >= 4 is 52.2 Å². The number of nitrogens with zero attached hydrogens (tertiary/aromatic N) is 2. The lowest BCUT2D eigenvalue weighted by Crippen LogP contribution is -2.46. The van der Waals surface area contributed by atoms with Gasteiger partial charge in [0.2, 0.25) is 5.91 Å². The zero-order valence-electron chi connectivity index (χ0n) is 17.3. The van der Waals surface area contributed by atoms with Crippen molar-refractivity contribution in [3.63, 3.8) is 0 Å². The molecule has 33 heavy (non-hydrogen) atoms. The number of anilines is 1. The number of halogens is 3. The Morgan fingerprint density at radius 2 is 1.73 bits per heavy atom. The molecule has 1 atom stereocenters. The summed E-state index contributed by atoms with van der Waals surface area (Å²) in [5, 5.41) is 12.8. The van der Waals surface area contributed by atoms with E-state index in [9.17, 15) is 19.1 Å².